The molecule has 0 N–H and O–H groups in total. The van der Waals surface area contributed by atoms with Crippen molar-refractivity contribution in [1.82, 2.24) is 0 Å². The Balaban J connectivity index is 1.51. The van der Waals surface area contributed by atoms with Gasteiger partial charge in [-0.05, 0) is 60.5 Å². The number of carbonyl (C=O) groups excluding carboxylic acids is 1. The van der Waals surface area contributed by atoms with Crippen LogP contribution in [0.2, 0.25) is 10.0 Å². The maximum absolute atomic E-state index is 12.7. The number of fused-ring (bicyclic) bond motifs is 1. The Labute approximate surface area is 193 Å². The Morgan fingerprint density at radius 1 is 0.969 bits per heavy atom. The second-order valence-electron chi connectivity index (χ2n) is 6.93. The first-order valence-corrected chi connectivity index (χ1v) is 10.3. The second kappa shape index (κ2) is 9.30. The topological polar surface area (TPSA) is 65.7 Å². The number of carbonyl (C=O) groups is 1. The van der Waals surface area contributed by atoms with Crippen molar-refractivity contribution in [1.29, 1.82) is 0 Å². The molecule has 160 valence electrons. The predicted octanol–water partition coefficient (Wildman–Crippen LogP) is 6.82. The average molecular weight is 467 g/mol. The van der Waals surface area contributed by atoms with E-state index in [0.29, 0.717) is 26.7 Å². The van der Waals surface area contributed by atoms with Crippen LogP contribution in [0.15, 0.2) is 82.2 Å². The van der Waals surface area contributed by atoms with Gasteiger partial charge in [0, 0.05) is 12.1 Å². The van der Waals surface area contributed by atoms with E-state index in [1.807, 2.05) is 25.1 Å². The summed E-state index contributed by atoms with van der Waals surface area (Å²) in [4.78, 5) is 24.9. The molecule has 0 saturated carbocycles. The zero-order valence-electron chi connectivity index (χ0n) is 16.8. The number of halogens is 2. The highest BCUT2D eigenvalue weighted by Crippen LogP contribution is 2.25. The van der Waals surface area contributed by atoms with E-state index < -0.39 is 5.97 Å². The summed E-state index contributed by atoms with van der Waals surface area (Å²) in [6, 6.07) is 16.8. The van der Waals surface area contributed by atoms with Crippen molar-refractivity contribution >= 4 is 46.2 Å². The molecule has 0 amide bonds. The lowest BCUT2D eigenvalue weighted by Crippen LogP contribution is -2.06. The molecule has 3 aromatic carbocycles. The highest BCUT2D eigenvalue weighted by Gasteiger charge is 2.11. The summed E-state index contributed by atoms with van der Waals surface area (Å²) in [5, 5.41) is 1.12. The summed E-state index contributed by atoms with van der Waals surface area (Å²) in [5.74, 6) is 0.238. The third-order valence-electron chi connectivity index (χ3n) is 4.51. The number of aryl methyl sites for hydroxylation is 1. The minimum atomic E-state index is -0.600. The molecule has 0 saturated heterocycles. The Morgan fingerprint density at radius 2 is 1.81 bits per heavy atom. The van der Waals surface area contributed by atoms with Crippen LogP contribution in [0.1, 0.15) is 11.1 Å². The number of rotatable bonds is 5. The molecule has 0 aliphatic heterocycles. The van der Waals surface area contributed by atoms with Gasteiger partial charge in [-0.15, -0.1) is 0 Å². The molecule has 5 nitrogen and oxygen atoms in total. The number of hydrogen-bond acceptors (Lipinski definition) is 5. The Morgan fingerprint density at radius 3 is 2.59 bits per heavy atom. The molecule has 0 unspecified atom stereocenters. The van der Waals surface area contributed by atoms with Gasteiger partial charge in [-0.3, -0.25) is 4.79 Å². The fraction of sp³-hybridized carbons (Fsp3) is 0.0400. The van der Waals surface area contributed by atoms with Crippen LogP contribution in [0.25, 0.3) is 17.0 Å². The molecular formula is C25H16Cl2O5. The highest BCUT2D eigenvalue weighted by atomic mass is 35.5. The van der Waals surface area contributed by atoms with Crippen LogP contribution >= 0.6 is 23.2 Å². The molecule has 0 radical (unpaired) electrons. The van der Waals surface area contributed by atoms with Crippen LogP contribution in [0, 0.1) is 6.92 Å². The quantitative estimate of drug-likeness (QED) is 0.183. The number of esters is 1. The summed E-state index contributed by atoms with van der Waals surface area (Å²) in [6.45, 7) is 1.93. The predicted molar refractivity (Wildman–Crippen MR) is 125 cm³/mol. The van der Waals surface area contributed by atoms with E-state index in [4.69, 9.17) is 37.1 Å². The van der Waals surface area contributed by atoms with Gasteiger partial charge in [-0.25, -0.2) is 4.79 Å². The van der Waals surface area contributed by atoms with Crippen molar-refractivity contribution in [2.45, 2.75) is 6.92 Å². The third-order valence-corrected chi connectivity index (χ3v) is 5.24. The summed E-state index contributed by atoms with van der Waals surface area (Å²) in [6.07, 6.45) is 4.06. The van der Waals surface area contributed by atoms with Crippen LogP contribution in [0.4, 0.5) is 0 Å². The first kappa shape index (κ1) is 21.7. The lowest BCUT2D eigenvalue weighted by atomic mass is 10.2. The Kier molecular flexibility index (Phi) is 6.30. The molecule has 0 atom stereocenters. The van der Waals surface area contributed by atoms with E-state index in [0.717, 1.165) is 5.56 Å². The Hall–Kier alpha value is -3.54. The van der Waals surface area contributed by atoms with Gasteiger partial charge < -0.3 is 13.9 Å². The molecule has 0 fully saturated rings. The van der Waals surface area contributed by atoms with Gasteiger partial charge in [-0.2, -0.15) is 0 Å². The maximum atomic E-state index is 12.7. The van der Waals surface area contributed by atoms with Gasteiger partial charge in [0.05, 0.1) is 15.4 Å². The standard InChI is InChI=1S/C25H16Cl2O5/c1-15-3-2-4-17(11-15)31-23-14-30-22-13-18(7-8-19(22)25(23)29)32-24(28)10-6-16-5-9-20(26)21(27)12-16/h2-14H,1H3/b10-6+. The van der Waals surface area contributed by atoms with Crippen molar-refractivity contribution in [2.24, 2.45) is 0 Å². The van der Waals surface area contributed by atoms with Crippen LogP contribution < -0.4 is 14.9 Å². The zero-order chi connectivity index (χ0) is 22.7. The lowest BCUT2D eigenvalue weighted by Gasteiger charge is -2.07. The molecule has 7 heteroatoms. The molecule has 0 bridgehead atoms. The minimum absolute atomic E-state index is 0.0670. The maximum Gasteiger partial charge on any atom is 0.336 e. The molecule has 1 aromatic heterocycles. The van der Waals surface area contributed by atoms with Gasteiger partial charge in [-0.1, -0.05) is 41.4 Å². The Bertz CT molecular complexity index is 1410. The molecule has 4 rings (SSSR count). The van der Waals surface area contributed by atoms with Crippen molar-refractivity contribution in [3.05, 3.63) is 104 Å². The molecule has 0 aliphatic rings. The normalized spacial score (nSPS) is 11.1. The fourth-order valence-electron chi connectivity index (χ4n) is 2.96. The second-order valence-corrected chi connectivity index (χ2v) is 7.75. The van der Waals surface area contributed by atoms with Crippen LogP contribution in [0.5, 0.6) is 17.2 Å². The van der Waals surface area contributed by atoms with E-state index in [9.17, 15) is 9.59 Å². The van der Waals surface area contributed by atoms with Gasteiger partial charge >= 0.3 is 5.97 Å². The zero-order valence-corrected chi connectivity index (χ0v) is 18.3. The number of hydrogen-bond donors (Lipinski definition) is 0. The third kappa shape index (κ3) is 5.02. The molecule has 0 aliphatic carbocycles. The molecule has 1 heterocycles. The molecule has 32 heavy (non-hydrogen) atoms. The largest absolute Gasteiger partial charge is 0.460 e. The van der Waals surface area contributed by atoms with Crippen molar-refractivity contribution in [3.63, 3.8) is 0 Å². The highest BCUT2D eigenvalue weighted by molar-refractivity contribution is 6.42. The van der Waals surface area contributed by atoms with E-state index in [-0.39, 0.29) is 22.5 Å². The molecule has 4 aromatic rings. The van der Waals surface area contributed by atoms with Crippen molar-refractivity contribution in [3.8, 4) is 17.2 Å². The SMILES string of the molecule is Cc1cccc(Oc2coc3cc(OC(=O)/C=C/c4ccc(Cl)c(Cl)c4)ccc3c2=O)c1. The summed E-state index contributed by atoms with van der Waals surface area (Å²) >= 11 is 11.8. The van der Waals surface area contributed by atoms with Crippen molar-refractivity contribution < 1.29 is 18.7 Å². The lowest BCUT2D eigenvalue weighted by molar-refractivity contribution is -0.128. The minimum Gasteiger partial charge on any atom is -0.460 e. The van der Waals surface area contributed by atoms with Crippen LogP contribution in [0.3, 0.4) is 0 Å². The van der Waals surface area contributed by atoms with E-state index in [1.54, 1.807) is 30.3 Å². The van der Waals surface area contributed by atoms with Crippen molar-refractivity contribution in [2.75, 3.05) is 0 Å². The van der Waals surface area contributed by atoms with Gasteiger partial charge in [0.15, 0.2) is 0 Å². The first-order valence-electron chi connectivity index (χ1n) is 9.54. The van der Waals surface area contributed by atoms with Crippen LogP contribution in [-0.2, 0) is 4.79 Å². The van der Waals surface area contributed by atoms with Gasteiger partial charge in [0.1, 0.15) is 23.3 Å². The van der Waals surface area contributed by atoms with Crippen LogP contribution in [-0.4, -0.2) is 5.97 Å². The average Bonchev–Trinajstić information content (AvgIpc) is 2.77. The van der Waals surface area contributed by atoms with E-state index in [1.165, 1.54) is 30.5 Å². The molecular weight excluding hydrogens is 451 g/mol. The van der Waals surface area contributed by atoms with Gasteiger partial charge in [0.25, 0.3) is 0 Å². The summed E-state index contributed by atoms with van der Waals surface area (Å²) in [5.41, 5.74) is 1.64. The van der Waals surface area contributed by atoms with Gasteiger partial charge in [0.2, 0.25) is 11.2 Å². The smallest absolute Gasteiger partial charge is 0.336 e. The number of benzene rings is 3. The molecule has 0 spiro atoms. The number of ether oxygens (including phenoxy) is 2. The summed E-state index contributed by atoms with van der Waals surface area (Å²) < 4.78 is 16.5. The fourth-order valence-corrected chi connectivity index (χ4v) is 3.27. The first-order chi connectivity index (χ1) is 15.4. The van der Waals surface area contributed by atoms with E-state index in [2.05, 4.69) is 0 Å². The monoisotopic (exact) mass is 466 g/mol. The summed E-state index contributed by atoms with van der Waals surface area (Å²) in [7, 11) is 0. The van der Waals surface area contributed by atoms with E-state index >= 15 is 0 Å².